The SMILES string of the molecule is Cc1cc(C)cc(-c2ccc(N)c(C)n2)c1. The molecule has 2 N–H and O–H groups in total. The molecule has 2 aromatic rings. The van der Waals surface area contributed by atoms with Crippen molar-refractivity contribution in [2.45, 2.75) is 20.8 Å². The highest BCUT2D eigenvalue weighted by atomic mass is 14.7. The first kappa shape index (κ1) is 10.7. The predicted molar refractivity (Wildman–Crippen MR) is 68.3 cm³/mol. The summed E-state index contributed by atoms with van der Waals surface area (Å²) in [4.78, 5) is 4.50. The molecule has 0 aliphatic carbocycles. The summed E-state index contributed by atoms with van der Waals surface area (Å²) in [6, 6.07) is 10.3. The van der Waals surface area contributed by atoms with Gasteiger partial charge in [0, 0.05) is 5.56 Å². The molecule has 2 rings (SSSR count). The molecule has 0 saturated heterocycles. The highest BCUT2D eigenvalue weighted by molar-refractivity contribution is 5.63. The molecule has 0 saturated carbocycles. The van der Waals surface area contributed by atoms with E-state index in [0.717, 1.165) is 22.6 Å². The van der Waals surface area contributed by atoms with E-state index in [1.54, 1.807) is 0 Å². The molecule has 2 heteroatoms. The standard InChI is InChI=1S/C14H16N2/c1-9-6-10(2)8-12(7-9)14-5-4-13(15)11(3)16-14/h4-8H,15H2,1-3H3. The molecule has 0 amide bonds. The molecular formula is C14H16N2. The zero-order chi connectivity index (χ0) is 11.7. The third-order valence-corrected chi connectivity index (χ3v) is 2.64. The van der Waals surface area contributed by atoms with Gasteiger partial charge in [-0.25, -0.2) is 0 Å². The minimum atomic E-state index is 0.744. The highest BCUT2D eigenvalue weighted by Gasteiger charge is 2.03. The number of hydrogen-bond acceptors (Lipinski definition) is 2. The van der Waals surface area contributed by atoms with E-state index in [2.05, 4.69) is 37.0 Å². The zero-order valence-electron chi connectivity index (χ0n) is 9.91. The van der Waals surface area contributed by atoms with Crippen LogP contribution < -0.4 is 5.73 Å². The largest absolute Gasteiger partial charge is 0.397 e. The molecular weight excluding hydrogens is 196 g/mol. The first-order valence-corrected chi connectivity index (χ1v) is 5.38. The lowest BCUT2D eigenvalue weighted by atomic mass is 10.0. The molecule has 0 spiro atoms. The molecule has 0 radical (unpaired) electrons. The summed E-state index contributed by atoms with van der Waals surface area (Å²) in [7, 11) is 0. The maximum Gasteiger partial charge on any atom is 0.0707 e. The van der Waals surface area contributed by atoms with Gasteiger partial charge < -0.3 is 5.73 Å². The summed E-state index contributed by atoms with van der Waals surface area (Å²) in [5.41, 5.74) is 12.0. The van der Waals surface area contributed by atoms with Crippen LogP contribution in [0.4, 0.5) is 5.69 Å². The van der Waals surface area contributed by atoms with Gasteiger partial charge in [0.2, 0.25) is 0 Å². The van der Waals surface area contributed by atoms with E-state index < -0.39 is 0 Å². The van der Waals surface area contributed by atoms with Crippen molar-refractivity contribution in [2.24, 2.45) is 0 Å². The first-order chi connectivity index (χ1) is 7.56. The van der Waals surface area contributed by atoms with Gasteiger partial charge in [-0.1, -0.05) is 17.2 Å². The van der Waals surface area contributed by atoms with E-state index in [0.29, 0.717) is 0 Å². The number of aryl methyl sites for hydroxylation is 3. The average molecular weight is 212 g/mol. The van der Waals surface area contributed by atoms with E-state index in [1.165, 1.54) is 11.1 Å². The number of nitrogens with two attached hydrogens (primary N) is 1. The molecule has 0 aliphatic rings. The van der Waals surface area contributed by atoms with Crippen LogP contribution in [0, 0.1) is 20.8 Å². The minimum absolute atomic E-state index is 0.744. The second kappa shape index (κ2) is 3.97. The van der Waals surface area contributed by atoms with Gasteiger partial charge in [-0.15, -0.1) is 0 Å². The van der Waals surface area contributed by atoms with E-state index >= 15 is 0 Å². The van der Waals surface area contributed by atoms with Crippen LogP contribution in [0.5, 0.6) is 0 Å². The number of nitrogen functional groups attached to an aromatic ring is 1. The quantitative estimate of drug-likeness (QED) is 0.788. The number of benzene rings is 1. The summed E-state index contributed by atoms with van der Waals surface area (Å²) in [6.45, 7) is 6.13. The van der Waals surface area contributed by atoms with Gasteiger partial charge in [0.1, 0.15) is 0 Å². The summed E-state index contributed by atoms with van der Waals surface area (Å²) in [6.07, 6.45) is 0. The lowest BCUT2D eigenvalue weighted by Gasteiger charge is -2.06. The fourth-order valence-electron chi connectivity index (χ4n) is 1.86. The van der Waals surface area contributed by atoms with Crippen molar-refractivity contribution < 1.29 is 0 Å². The number of pyridine rings is 1. The summed E-state index contributed by atoms with van der Waals surface area (Å²) >= 11 is 0. The molecule has 0 aliphatic heterocycles. The normalized spacial score (nSPS) is 10.4. The van der Waals surface area contributed by atoms with Crippen LogP contribution in [-0.2, 0) is 0 Å². The zero-order valence-corrected chi connectivity index (χ0v) is 9.91. The van der Waals surface area contributed by atoms with Crippen LogP contribution in [0.15, 0.2) is 30.3 Å². The van der Waals surface area contributed by atoms with Crippen LogP contribution in [0.2, 0.25) is 0 Å². The van der Waals surface area contributed by atoms with Crippen molar-refractivity contribution in [1.82, 2.24) is 4.98 Å². The second-order valence-corrected chi connectivity index (χ2v) is 4.25. The summed E-state index contributed by atoms with van der Waals surface area (Å²) < 4.78 is 0. The molecule has 1 aromatic heterocycles. The Balaban J connectivity index is 2.54. The third-order valence-electron chi connectivity index (χ3n) is 2.64. The molecule has 0 atom stereocenters. The third kappa shape index (κ3) is 2.06. The molecule has 0 bridgehead atoms. The molecule has 2 nitrogen and oxygen atoms in total. The van der Waals surface area contributed by atoms with Gasteiger partial charge in [0.05, 0.1) is 17.1 Å². The fourth-order valence-corrected chi connectivity index (χ4v) is 1.86. The number of anilines is 1. The lowest BCUT2D eigenvalue weighted by Crippen LogP contribution is -1.94. The topological polar surface area (TPSA) is 38.9 Å². The molecule has 0 fully saturated rings. The monoisotopic (exact) mass is 212 g/mol. The molecule has 16 heavy (non-hydrogen) atoms. The highest BCUT2D eigenvalue weighted by Crippen LogP contribution is 2.22. The Morgan fingerprint density at radius 2 is 1.56 bits per heavy atom. The Labute approximate surface area is 96.1 Å². The van der Waals surface area contributed by atoms with E-state index in [9.17, 15) is 0 Å². The van der Waals surface area contributed by atoms with Crippen LogP contribution >= 0.6 is 0 Å². The van der Waals surface area contributed by atoms with Gasteiger partial charge in [-0.05, 0) is 45.0 Å². The molecule has 1 aromatic carbocycles. The van der Waals surface area contributed by atoms with Crippen molar-refractivity contribution >= 4 is 5.69 Å². The van der Waals surface area contributed by atoms with Crippen LogP contribution in [0.3, 0.4) is 0 Å². The Morgan fingerprint density at radius 3 is 2.12 bits per heavy atom. The van der Waals surface area contributed by atoms with Crippen molar-refractivity contribution in [3.05, 3.63) is 47.2 Å². The Bertz CT molecular complexity index is 510. The summed E-state index contributed by atoms with van der Waals surface area (Å²) in [5, 5.41) is 0. The average Bonchev–Trinajstić information content (AvgIpc) is 2.20. The molecule has 82 valence electrons. The minimum Gasteiger partial charge on any atom is -0.397 e. The molecule has 1 heterocycles. The Hall–Kier alpha value is -1.83. The van der Waals surface area contributed by atoms with E-state index in [-0.39, 0.29) is 0 Å². The van der Waals surface area contributed by atoms with Gasteiger partial charge >= 0.3 is 0 Å². The maximum absolute atomic E-state index is 5.76. The van der Waals surface area contributed by atoms with Crippen molar-refractivity contribution in [2.75, 3.05) is 5.73 Å². The second-order valence-electron chi connectivity index (χ2n) is 4.25. The summed E-state index contributed by atoms with van der Waals surface area (Å²) in [5.74, 6) is 0. The first-order valence-electron chi connectivity index (χ1n) is 5.38. The van der Waals surface area contributed by atoms with Crippen LogP contribution in [-0.4, -0.2) is 4.98 Å². The number of aromatic nitrogens is 1. The van der Waals surface area contributed by atoms with Crippen molar-refractivity contribution in [3.8, 4) is 11.3 Å². The Kier molecular flexibility index (Phi) is 2.65. The van der Waals surface area contributed by atoms with Crippen LogP contribution in [0.25, 0.3) is 11.3 Å². The van der Waals surface area contributed by atoms with E-state index in [1.807, 2.05) is 19.1 Å². The van der Waals surface area contributed by atoms with Crippen molar-refractivity contribution in [3.63, 3.8) is 0 Å². The van der Waals surface area contributed by atoms with Gasteiger partial charge in [-0.3, -0.25) is 4.98 Å². The molecule has 0 unspecified atom stereocenters. The lowest BCUT2D eigenvalue weighted by molar-refractivity contribution is 1.21. The van der Waals surface area contributed by atoms with Gasteiger partial charge in [-0.2, -0.15) is 0 Å². The predicted octanol–water partition coefficient (Wildman–Crippen LogP) is 3.26. The van der Waals surface area contributed by atoms with Crippen molar-refractivity contribution in [1.29, 1.82) is 0 Å². The van der Waals surface area contributed by atoms with Gasteiger partial charge in [0.25, 0.3) is 0 Å². The number of nitrogens with zero attached hydrogens (tertiary/aromatic N) is 1. The number of rotatable bonds is 1. The van der Waals surface area contributed by atoms with E-state index in [4.69, 9.17) is 5.73 Å². The number of hydrogen-bond donors (Lipinski definition) is 1. The van der Waals surface area contributed by atoms with Gasteiger partial charge in [0.15, 0.2) is 0 Å². The van der Waals surface area contributed by atoms with Crippen LogP contribution in [0.1, 0.15) is 16.8 Å². The Morgan fingerprint density at radius 1 is 0.938 bits per heavy atom. The smallest absolute Gasteiger partial charge is 0.0707 e. The maximum atomic E-state index is 5.76. The fraction of sp³-hybridized carbons (Fsp3) is 0.214.